The average Bonchev–Trinajstić information content (AvgIpc) is 2.78. The van der Waals surface area contributed by atoms with E-state index in [0.29, 0.717) is 24.5 Å². The maximum atomic E-state index is 10.3. The molecule has 2 N–H and O–H groups in total. The Morgan fingerprint density at radius 3 is 2.42 bits per heavy atom. The molecule has 0 bridgehead atoms. The van der Waals surface area contributed by atoms with Crippen molar-refractivity contribution < 1.29 is 19.7 Å². The molecule has 1 heterocycles. The standard InChI is InChI=1S/C25H34ClNO4/c1-4-27(5-2)25(17-7-10-20(11-8-17)30-6-3)22-13-18(9-12-23(22)26)24-15-19(29)14-21(16-28)31-24/h7-13,19,21,24-25,28-29H,4-6,14-16H2,1-3H3. The van der Waals surface area contributed by atoms with Gasteiger partial charge in [0, 0.05) is 17.9 Å². The Balaban J connectivity index is 1.99. The average molecular weight is 448 g/mol. The highest BCUT2D eigenvalue weighted by Gasteiger charge is 2.30. The first-order valence-corrected chi connectivity index (χ1v) is 11.6. The molecule has 31 heavy (non-hydrogen) atoms. The van der Waals surface area contributed by atoms with Gasteiger partial charge >= 0.3 is 0 Å². The molecule has 2 aromatic rings. The zero-order chi connectivity index (χ0) is 22.4. The summed E-state index contributed by atoms with van der Waals surface area (Å²) in [5.74, 6) is 0.851. The van der Waals surface area contributed by atoms with Gasteiger partial charge in [-0.25, -0.2) is 0 Å². The Morgan fingerprint density at radius 1 is 1.10 bits per heavy atom. The SMILES string of the molecule is CCOc1ccc(C(c2cc(C3CC(O)CC(CO)O3)ccc2Cl)N(CC)CC)cc1. The quantitative estimate of drug-likeness (QED) is 0.581. The second kappa shape index (κ2) is 11.3. The Bertz CT molecular complexity index is 825. The summed E-state index contributed by atoms with van der Waals surface area (Å²) in [5, 5.41) is 20.5. The van der Waals surface area contributed by atoms with E-state index in [1.165, 1.54) is 0 Å². The summed E-state index contributed by atoms with van der Waals surface area (Å²) < 4.78 is 11.7. The normalized spacial score (nSPS) is 22.5. The van der Waals surface area contributed by atoms with Gasteiger partial charge in [-0.3, -0.25) is 4.90 Å². The summed E-state index contributed by atoms with van der Waals surface area (Å²) in [4.78, 5) is 2.37. The third-order valence-electron chi connectivity index (χ3n) is 5.95. The van der Waals surface area contributed by atoms with Crippen molar-refractivity contribution in [2.75, 3.05) is 26.3 Å². The highest BCUT2D eigenvalue weighted by molar-refractivity contribution is 6.31. The lowest BCUT2D eigenvalue weighted by molar-refractivity contribution is -0.113. The molecule has 5 nitrogen and oxygen atoms in total. The van der Waals surface area contributed by atoms with Crippen molar-refractivity contribution in [3.05, 3.63) is 64.2 Å². The molecule has 1 aliphatic rings. The first-order chi connectivity index (χ1) is 15.0. The van der Waals surface area contributed by atoms with Crippen molar-refractivity contribution in [3.63, 3.8) is 0 Å². The van der Waals surface area contributed by atoms with Crippen LogP contribution in [-0.4, -0.2) is 53.6 Å². The van der Waals surface area contributed by atoms with Crippen molar-refractivity contribution >= 4 is 11.6 Å². The number of hydrogen-bond acceptors (Lipinski definition) is 5. The number of ether oxygens (including phenoxy) is 2. The van der Waals surface area contributed by atoms with Crippen molar-refractivity contribution in [3.8, 4) is 5.75 Å². The van der Waals surface area contributed by atoms with Crippen molar-refractivity contribution in [2.45, 2.75) is 58.0 Å². The summed E-state index contributed by atoms with van der Waals surface area (Å²) in [6, 6.07) is 14.1. The Hall–Kier alpha value is -1.63. The van der Waals surface area contributed by atoms with Crippen LogP contribution < -0.4 is 4.74 Å². The minimum absolute atomic E-state index is 0.0136. The molecule has 1 fully saturated rings. The largest absolute Gasteiger partial charge is 0.494 e. The van der Waals surface area contributed by atoms with Crippen LogP contribution in [0.3, 0.4) is 0 Å². The van der Waals surface area contributed by atoms with E-state index in [2.05, 4.69) is 36.9 Å². The summed E-state index contributed by atoms with van der Waals surface area (Å²) in [5.41, 5.74) is 3.12. The Morgan fingerprint density at radius 2 is 1.81 bits per heavy atom. The van der Waals surface area contributed by atoms with Crippen LogP contribution in [0, 0.1) is 0 Å². The fourth-order valence-corrected chi connectivity index (χ4v) is 4.60. The van der Waals surface area contributed by atoms with Gasteiger partial charge in [0.15, 0.2) is 0 Å². The maximum Gasteiger partial charge on any atom is 0.119 e. The van der Waals surface area contributed by atoms with E-state index >= 15 is 0 Å². The topological polar surface area (TPSA) is 62.2 Å². The number of halogens is 1. The maximum absolute atomic E-state index is 10.3. The summed E-state index contributed by atoms with van der Waals surface area (Å²) in [6.07, 6.45) is -0.134. The first-order valence-electron chi connectivity index (χ1n) is 11.2. The number of benzene rings is 2. The fraction of sp³-hybridized carbons (Fsp3) is 0.520. The molecule has 2 aromatic carbocycles. The van der Waals surface area contributed by atoms with Crippen molar-refractivity contribution in [1.82, 2.24) is 4.90 Å². The van der Waals surface area contributed by atoms with Gasteiger partial charge < -0.3 is 19.7 Å². The van der Waals surface area contributed by atoms with Crippen LogP contribution in [-0.2, 0) is 4.74 Å². The number of aliphatic hydroxyl groups excluding tert-OH is 2. The number of hydrogen-bond donors (Lipinski definition) is 2. The molecular formula is C25H34ClNO4. The zero-order valence-electron chi connectivity index (χ0n) is 18.6. The molecule has 6 heteroatoms. The van der Waals surface area contributed by atoms with E-state index in [0.717, 1.165) is 35.5 Å². The smallest absolute Gasteiger partial charge is 0.119 e. The molecule has 1 aliphatic heterocycles. The number of rotatable bonds is 9. The molecule has 170 valence electrons. The molecule has 3 rings (SSSR count). The van der Waals surface area contributed by atoms with Crippen LogP contribution >= 0.6 is 11.6 Å². The Kier molecular flexibility index (Phi) is 8.76. The third-order valence-corrected chi connectivity index (χ3v) is 6.30. The highest BCUT2D eigenvalue weighted by atomic mass is 35.5. The minimum Gasteiger partial charge on any atom is -0.494 e. The van der Waals surface area contributed by atoms with Crippen molar-refractivity contribution in [1.29, 1.82) is 0 Å². The van der Waals surface area contributed by atoms with Gasteiger partial charge in [-0.1, -0.05) is 43.6 Å². The van der Waals surface area contributed by atoms with Gasteiger partial charge in [0.25, 0.3) is 0 Å². The zero-order valence-corrected chi connectivity index (χ0v) is 19.4. The first kappa shape index (κ1) is 24.0. The van der Waals surface area contributed by atoms with E-state index in [9.17, 15) is 10.2 Å². The summed E-state index contributed by atoms with van der Waals surface area (Å²) in [7, 11) is 0. The van der Waals surface area contributed by atoms with E-state index in [4.69, 9.17) is 21.1 Å². The molecule has 0 spiro atoms. The van der Waals surface area contributed by atoms with E-state index in [-0.39, 0.29) is 24.9 Å². The monoisotopic (exact) mass is 447 g/mol. The molecule has 0 aliphatic carbocycles. The van der Waals surface area contributed by atoms with Crippen LogP contribution in [0.15, 0.2) is 42.5 Å². The molecule has 1 saturated heterocycles. The minimum atomic E-state index is -0.486. The van der Waals surface area contributed by atoms with Crippen LogP contribution in [0.1, 0.15) is 62.4 Å². The third kappa shape index (κ3) is 5.79. The second-order valence-electron chi connectivity index (χ2n) is 7.96. The van der Waals surface area contributed by atoms with Gasteiger partial charge in [0.2, 0.25) is 0 Å². The van der Waals surface area contributed by atoms with E-state index < -0.39 is 6.10 Å². The van der Waals surface area contributed by atoms with Crippen LogP contribution in [0.5, 0.6) is 5.75 Å². The second-order valence-corrected chi connectivity index (χ2v) is 8.37. The fourth-order valence-electron chi connectivity index (χ4n) is 4.38. The van der Waals surface area contributed by atoms with Crippen LogP contribution in [0.25, 0.3) is 0 Å². The molecule has 4 atom stereocenters. The van der Waals surface area contributed by atoms with Crippen molar-refractivity contribution in [2.24, 2.45) is 0 Å². The van der Waals surface area contributed by atoms with Gasteiger partial charge in [0.05, 0.1) is 37.6 Å². The van der Waals surface area contributed by atoms with Crippen LogP contribution in [0.4, 0.5) is 0 Å². The van der Waals surface area contributed by atoms with Gasteiger partial charge in [-0.2, -0.15) is 0 Å². The molecule has 0 saturated carbocycles. The molecule has 0 amide bonds. The highest BCUT2D eigenvalue weighted by Crippen LogP contribution is 2.38. The Labute approximate surface area is 190 Å². The van der Waals surface area contributed by atoms with Crippen LogP contribution in [0.2, 0.25) is 5.02 Å². The van der Waals surface area contributed by atoms with E-state index in [1.54, 1.807) is 0 Å². The summed E-state index contributed by atoms with van der Waals surface area (Å²) in [6.45, 7) is 8.56. The lowest BCUT2D eigenvalue weighted by Gasteiger charge is -2.34. The summed E-state index contributed by atoms with van der Waals surface area (Å²) >= 11 is 6.72. The van der Waals surface area contributed by atoms with Gasteiger partial charge in [0.1, 0.15) is 5.75 Å². The lowest BCUT2D eigenvalue weighted by atomic mass is 9.91. The number of aliphatic hydroxyl groups is 2. The van der Waals surface area contributed by atoms with Gasteiger partial charge in [-0.15, -0.1) is 0 Å². The van der Waals surface area contributed by atoms with Gasteiger partial charge in [-0.05, 0) is 61.0 Å². The predicted molar refractivity (Wildman–Crippen MR) is 124 cm³/mol. The molecule has 4 unspecified atom stereocenters. The number of nitrogens with zero attached hydrogens (tertiary/aromatic N) is 1. The molecule has 0 radical (unpaired) electrons. The predicted octanol–water partition coefficient (Wildman–Crippen LogP) is 4.74. The molecular weight excluding hydrogens is 414 g/mol. The molecule has 0 aromatic heterocycles. The lowest BCUT2D eigenvalue weighted by Crippen LogP contribution is -2.33. The van der Waals surface area contributed by atoms with E-state index in [1.807, 2.05) is 31.2 Å².